The first-order chi connectivity index (χ1) is 15.2. The van der Waals surface area contributed by atoms with Crippen LogP contribution >= 0.6 is 0 Å². The van der Waals surface area contributed by atoms with Crippen LogP contribution in [0.4, 0.5) is 5.69 Å². The summed E-state index contributed by atoms with van der Waals surface area (Å²) in [5.41, 5.74) is 1.87. The number of hydrogen-bond donors (Lipinski definition) is 1. The minimum absolute atomic E-state index is 0.159. The predicted octanol–water partition coefficient (Wildman–Crippen LogP) is 4.69. The molecule has 0 bridgehead atoms. The number of Topliss-reactive ketones (excluding diaryl/α,β-unsaturated/α-hetero) is 1. The Balaban J connectivity index is 1.85. The average Bonchev–Trinajstić information content (AvgIpc) is 3.40. The molecule has 1 aliphatic rings. The lowest BCUT2D eigenvalue weighted by molar-refractivity contribution is -0.128. The molecule has 1 fully saturated rings. The molecule has 1 amide bonds. The lowest BCUT2D eigenvalue weighted by Gasteiger charge is -2.31. The molecule has 1 aliphatic heterocycles. The third-order valence-electron chi connectivity index (χ3n) is 5.71. The zero-order valence-electron chi connectivity index (χ0n) is 18.5. The van der Waals surface area contributed by atoms with Gasteiger partial charge in [-0.3, -0.25) is 19.9 Å². The van der Waals surface area contributed by atoms with Gasteiger partial charge in [0.15, 0.2) is 0 Å². The number of carbonyl (C=O) groups is 2. The molecular weight excluding hydrogens is 406 g/mol. The van der Waals surface area contributed by atoms with E-state index in [2.05, 4.69) is 5.16 Å². The Kier molecular flexibility index (Phi) is 5.42. The number of methoxy groups -OCH3 is 1. The average molecular weight is 431 g/mol. The molecule has 2 atom stereocenters. The third kappa shape index (κ3) is 3.60. The van der Waals surface area contributed by atoms with E-state index >= 15 is 0 Å². The number of ketones is 1. The van der Waals surface area contributed by atoms with Crippen molar-refractivity contribution in [3.05, 3.63) is 66.4 Å². The molecule has 0 aliphatic carbocycles. The Morgan fingerprint density at radius 3 is 2.38 bits per heavy atom. The summed E-state index contributed by atoms with van der Waals surface area (Å²) in [6.07, 6.45) is 1.50. The zero-order chi connectivity index (χ0) is 23.0. The van der Waals surface area contributed by atoms with Gasteiger partial charge in [-0.15, -0.1) is 0 Å². The number of aromatic nitrogens is 1. The van der Waals surface area contributed by atoms with Crippen molar-refractivity contribution in [1.82, 2.24) is 5.16 Å². The summed E-state index contributed by atoms with van der Waals surface area (Å²) in [4.78, 5) is 28.3. The fourth-order valence-corrected chi connectivity index (χ4v) is 4.10. The van der Waals surface area contributed by atoms with Gasteiger partial charge in [0.1, 0.15) is 29.2 Å². The second-order valence-electron chi connectivity index (χ2n) is 8.80. The molecule has 1 aromatic heterocycles. The fourth-order valence-electron chi connectivity index (χ4n) is 4.10. The smallest absolute Gasteiger partial charge is 0.273 e. The fraction of sp³-hybridized carbons (Fsp3) is 0.280. The lowest BCUT2D eigenvalue weighted by atomic mass is 9.77. The van der Waals surface area contributed by atoms with Gasteiger partial charge in [-0.25, -0.2) is 0 Å². The number of nitrogens with one attached hydrogen (secondary N) is 1. The quantitative estimate of drug-likeness (QED) is 0.632. The Hall–Kier alpha value is -3.74. The molecule has 2 unspecified atom stereocenters. The summed E-state index contributed by atoms with van der Waals surface area (Å²) < 4.78 is 10.5. The van der Waals surface area contributed by atoms with Crippen LogP contribution in [0.2, 0.25) is 0 Å². The van der Waals surface area contributed by atoms with Gasteiger partial charge < -0.3 is 9.26 Å². The van der Waals surface area contributed by atoms with E-state index in [4.69, 9.17) is 14.7 Å². The topological polar surface area (TPSA) is 96.5 Å². The van der Waals surface area contributed by atoms with Crippen molar-refractivity contribution in [2.24, 2.45) is 11.3 Å². The molecule has 0 spiro atoms. The molecule has 4 rings (SSSR count). The van der Waals surface area contributed by atoms with Crippen LogP contribution in [-0.4, -0.2) is 29.7 Å². The van der Waals surface area contributed by atoms with Crippen LogP contribution in [0.5, 0.6) is 5.75 Å². The molecule has 0 radical (unpaired) electrons. The Morgan fingerprint density at radius 1 is 1.09 bits per heavy atom. The van der Waals surface area contributed by atoms with Crippen LogP contribution in [0.25, 0.3) is 11.3 Å². The summed E-state index contributed by atoms with van der Waals surface area (Å²) in [5.74, 6) is -0.990. The molecule has 1 saturated heterocycles. The first-order valence-corrected chi connectivity index (χ1v) is 10.3. The number of anilines is 1. The third-order valence-corrected chi connectivity index (χ3v) is 5.71. The van der Waals surface area contributed by atoms with E-state index in [0.29, 0.717) is 22.7 Å². The standard InChI is InChI=1S/C25H25N3O4/c1-25(2,3)23(29)20-21(26)24(30)28(22(20)17-7-5-6-8-19(17)31-4)16-11-9-15(10-12-16)18-13-14-32-27-18/h5-14,20,22,26H,1-4H3. The molecule has 164 valence electrons. The first-order valence-electron chi connectivity index (χ1n) is 10.3. The van der Waals surface area contributed by atoms with Crippen molar-refractivity contribution in [2.45, 2.75) is 26.8 Å². The zero-order valence-corrected chi connectivity index (χ0v) is 18.5. The van der Waals surface area contributed by atoms with E-state index in [1.807, 2.05) is 51.1 Å². The molecule has 7 nitrogen and oxygen atoms in total. The highest BCUT2D eigenvalue weighted by Gasteiger charge is 2.52. The molecule has 2 heterocycles. The van der Waals surface area contributed by atoms with Gasteiger partial charge in [0.25, 0.3) is 5.91 Å². The summed E-state index contributed by atoms with van der Waals surface area (Å²) in [6, 6.07) is 15.6. The SMILES string of the molecule is COc1ccccc1C1C(C(=O)C(C)(C)C)C(=N)C(=O)N1c1ccc(-c2ccon2)cc1. The van der Waals surface area contributed by atoms with E-state index in [1.54, 1.807) is 31.4 Å². The number of benzene rings is 2. The minimum atomic E-state index is -0.908. The molecule has 1 N–H and O–H groups in total. The largest absolute Gasteiger partial charge is 0.496 e. The van der Waals surface area contributed by atoms with Crippen molar-refractivity contribution in [1.29, 1.82) is 5.41 Å². The number of amides is 1. The summed E-state index contributed by atoms with van der Waals surface area (Å²) in [7, 11) is 1.55. The monoisotopic (exact) mass is 431 g/mol. The summed E-state index contributed by atoms with van der Waals surface area (Å²) >= 11 is 0. The molecule has 2 aromatic carbocycles. The van der Waals surface area contributed by atoms with Crippen LogP contribution in [0.1, 0.15) is 32.4 Å². The van der Waals surface area contributed by atoms with E-state index in [0.717, 1.165) is 5.56 Å². The van der Waals surface area contributed by atoms with E-state index < -0.39 is 23.3 Å². The molecule has 32 heavy (non-hydrogen) atoms. The first kappa shape index (κ1) is 21.5. The Morgan fingerprint density at radius 2 is 1.78 bits per heavy atom. The summed E-state index contributed by atoms with van der Waals surface area (Å²) in [5, 5.41) is 12.5. The number of hydrogen-bond acceptors (Lipinski definition) is 6. The highest BCUT2D eigenvalue weighted by molar-refractivity contribution is 6.49. The van der Waals surface area contributed by atoms with Crippen molar-refractivity contribution in [2.75, 3.05) is 12.0 Å². The van der Waals surface area contributed by atoms with Gasteiger partial charge in [-0.1, -0.05) is 56.3 Å². The van der Waals surface area contributed by atoms with E-state index in [1.165, 1.54) is 11.2 Å². The Bertz CT molecular complexity index is 1160. The van der Waals surface area contributed by atoms with Gasteiger partial charge >= 0.3 is 0 Å². The number of nitrogens with zero attached hydrogens (tertiary/aromatic N) is 2. The maximum atomic E-state index is 13.4. The highest BCUT2D eigenvalue weighted by atomic mass is 16.5. The maximum Gasteiger partial charge on any atom is 0.273 e. The predicted molar refractivity (Wildman–Crippen MR) is 121 cm³/mol. The molecule has 3 aromatic rings. The Labute approximate surface area is 186 Å². The maximum absolute atomic E-state index is 13.4. The molecule has 7 heteroatoms. The number of rotatable bonds is 5. The van der Waals surface area contributed by atoms with Crippen LogP contribution in [0.3, 0.4) is 0 Å². The van der Waals surface area contributed by atoms with Gasteiger partial charge in [0.2, 0.25) is 0 Å². The second-order valence-corrected chi connectivity index (χ2v) is 8.80. The van der Waals surface area contributed by atoms with Crippen LogP contribution in [0.15, 0.2) is 65.4 Å². The van der Waals surface area contributed by atoms with E-state index in [9.17, 15) is 9.59 Å². The highest BCUT2D eigenvalue weighted by Crippen LogP contribution is 2.45. The van der Waals surface area contributed by atoms with Gasteiger partial charge in [-0.05, 0) is 18.2 Å². The number of carbonyl (C=O) groups excluding carboxylic acids is 2. The van der Waals surface area contributed by atoms with Crippen LogP contribution in [0, 0.1) is 16.7 Å². The van der Waals surface area contributed by atoms with Crippen LogP contribution in [-0.2, 0) is 9.59 Å². The normalized spacial score (nSPS) is 18.8. The second kappa shape index (κ2) is 8.07. The van der Waals surface area contributed by atoms with Crippen molar-refractivity contribution >= 4 is 23.1 Å². The van der Waals surface area contributed by atoms with Gasteiger partial charge in [-0.2, -0.15) is 0 Å². The molecular formula is C25H25N3O4. The van der Waals surface area contributed by atoms with Gasteiger partial charge in [0, 0.05) is 28.3 Å². The van der Waals surface area contributed by atoms with Crippen molar-refractivity contribution < 1.29 is 18.8 Å². The lowest BCUT2D eigenvalue weighted by Crippen LogP contribution is -2.35. The van der Waals surface area contributed by atoms with Gasteiger partial charge in [0.05, 0.1) is 19.1 Å². The van der Waals surface area contributed by atoms with Crippen LogP contribution < -0.4 is 9.64 Å². The number of ether oxygens (including phenoxy) is 1. The minimum Gasteiger partial charge on any atom is -0.496 e. The molecule has 0 saturated carbocycles. The van der Waals surface area contributed by atoms with Crippen molar-refractivity contribution in [3.63, 3.8) is 0 Å². The van der Waals surface area contributed by atoms with E-state index in [-0.39, 0.29) is 11.5 Å². The number of para-hydroxylation sites is 1. The van der Waals surface area contributed by atoms with Crippen molar-refractivity contribution in [3.8, 4) is 17.0 Å². The summed E-state index contributed by atoms with van der Waals surface area (Å²) in [6.45, 7) is 5.42.